The Labute approximate surface area is 384 Å². The van der Waals surface area contributed by atoms with Crippen LogP contribution in [0.4, 0.5) is 4.79 Å². The molecule has 0 unspecified atom stereocenters. The second-order valence-corrected chi connectivity index (χ2v) is 19.0. The molecule has 2 fully saturated rings. The van der Waals surface area contributed by atoms with Crippen molar-refractivity contribution in [3.05, 3.63) is 110 Å². The van der Waals surface area contributed by atoms with E-state index in [0.717, 1.165) is 10.1 Å². The van der Waals surface area contributed by atoms with E-state index in [1.165, 1.54) is 41.3 Å². The Hall–Kier alpha value is -6.92. The van der Waals surface area contributed by atoms with Crippen molar-refractivity contribution < 1.29 is 51.2 Å². The van der Waals surface area contributed by atoms with Crippen molar-refractivity contribution in [2.24, 2.45) is 5.92 Å². The molecule has 0 spiro atoms. The van der Waals surface area contributed by atoms with Crippen LogP contribution < -0.4 is 24.8 Å². The molecule has 1 saturated carbocycles. The van der Waals surface area contributed by atoms with Crippen molar-refractivity contribution in [2.45, 2.75) is 67.8 Å². The molecule has 18 heteroatoms. The standard InChI is InChI=1S/C48H55N7O10S/c1-9-32-28-48(32,45(59)52-66(61,62)35-19-14-11-15-20-35)51-43(57)39-26-34(64-41-27-37(31-17-12-10-13-18-31)50-38-25-33(63-8)22-23-36(38)41)30-55(39)44(58)40(54(7)46(60)65-47(2,3)4)29-49-42(56)21-16-24-53(5)6/h9-23,25,27,32,34,39-40H,1,7,24,26,28-30H2,2-6,8H3,(H2-,49,51,52,56,57,59)/p+1/b21-16+/t32-,34-,39+,40+,48-/m1/s1. The van der Waals surface area contributed by atoms with E-state index in [9.17, 15) is 27.6 Å². The molecule has 17 nitrogen and oxygen atoms in total. The Bertz CT molecular complexity index is 2650. The van der Waals surface area contributed by atoms with Crippen LogP contribution in [0.5, 0.6) is 11.5 Å². The maximum absolute atomic E-state index is 15.0. The van der Waals surface area contributed by atoms with Crippen molar-refractivity contribution in [3.8, 4) is 22.8 Å². The molecule has 4 aromatic rings. The highest BCUT2D eigenvalue weighted by atomic mass is 32.2. The first-order valence-corrected chi connectivity index (χ1v) is 22.7. The van der Waals surface area contributed by atoms with Crippen LogP contribution >= 0.6 is 0 Å². The van der Waals surface area contributed by atoms with E-state index in [1.54, 1.807) is 64.3 Å². The molecule has 2 heterocycles. The van der Waals surface area contributed by atoms with Gasteiger partial charge in [-0.2, -0.15) is 4.79 Å². The molecular formula is C48H56N7O10S+. The first-order chi connectivity index (χ1) is 31.2. The molecule has 1 saturated heterocycles. The number of rotatable bonds is 17. The summed E-state index contributed by atoms with van der Waals surface area (Å²) >= 11 is 0. The van der Waals surface area contributed by atoms with Crippen LogP contribution in [0.25, 0.3) is 22.2 Å². The maximum Gasteiger partial charge on any atom is 0.597 e. The fourth-order valence-corrected chi connectivity index (χ4v) is 8.58. The van der Waals surface area contributed by atoms with Gasteiger partial charge in [0.25, 0.3) is 27.9 Å². The molecule has 1 aromatic heterocycles. The van der Waals surface area contributed by atoms with Crippen molar-refractivity contribution >= 4 is 57.4 Å². The van der Waals surface area contributed by atoms with E-state index in [-0.39, 0.29) is 24.3 Å². The Kier molecular flexibility index (Phi) is 14.8. The van der Waals surface area contributed by atoms with Crippen LogP contribution in [0.1, 0.15) is 33.6 Å². The number of likely N-dealkylation sites (tertiary alicyclic amines) is 1. The number of methoxy groups -OCH3 is 1. The van der Waals surface area contributed by atoms with E-state index >= 15 is 4.79 Å². The molecule has 5 amide bonds. The fourth-order valence-electron chi connectivity index (χ4n) is 7.52. The van der Waals surface area contributed by atoms with E-state index in [4.69, 9.17) is 19.2 Å². The number of sulfonamides is 1. The highest BCUT2D eigenvalue weighted by Crippen LogP contribution is 2.45. The molecular weight excluding hydrogens is 867 g/mol. The lowest BCUT2D eigenvalue weighted by Gasteiger charge is -2.28. The van der Waals surface area contributed by atoms with Gasteiger partial charge < -0.3 is 34.6 Å². The van der Waals surface area contributed by atoms with Gasteiger partial charge in [-0.15, -0.1) is 11.2 Å². The summed E-state index contributed by atoms with van der Waals surface area (Å²) in [5.74, 6) is -2.86. The van der Waals surface area contributed by atoms with Gasteiger partial charge in [0.15, 0.2) is 0 Å². The van der Waals surface area contributed by atoms with Crippen LogP contribution in [-0.4, -0.2) is 134 Å². The summed E-state index contributed by atoms with van der Waals surface area (Å²) in [6, 6.07) is 20.9. The number of likely N-dealkylation sites (N-methyl/N-ethyl adjacent to an activating group) is 1. The van der Waals surface area contributed by atoms with Gasteiger partial charge in [0, 0.05) is 48.0 Å². The highest BCUT2D eigenvalue weighted by Gasteiger charge is 2.61. The molecule has 1 aliphatic heterocycles. The normalized spacial score (nSPS) is 19.7. The Balaban J connectivity index is 1.37. The molecule has 6 rings (SSSR count). The number of carbonyl (C=O) groups excluding carboxylic acids is 5. The molecule has 2 aliphatic rings. The number of hydrogen-bond donors (Lipinski definition) is 3. The van der Waals surface area contributed by atoms with Crippen molar-refractivity contribution in [3.63, 3.8) is 0 Å². The quantitative estimate of drug-likeness (QED) is 0.0594. The van der Waals surface area contributed by atoms with Gasteiger partial charge in [0.1, 0.15) is 41.5 Å². The number of aromatic nitrogens is 1. The third-order valence-electron chi connectivity index (χ3n) is 11.0. The molecule has 66 heavy (non-hydrogen) atoms. The van der Waals surface area contributed by atoms with E-state index in [2.05, 4.69) is 28.7 Å². The minimum atomic E-state index is -4.35. The van der Waals surface area contributed by atoms with Crippen LogP contribution in [0.15, 0.2) is 115 Å². The van der Waals surface area contributed by atoms with Crippen molar-refractivity contribution in [1.29, 1.82) is 0 Å². The average molecular weight is 923 g/mol. The second-order valence-electron chi connectivity index (χ2n) is 17.4. The van der Waals surface area contributed by atoms with Gasteiger partial charge >= 0.3 is 6.09 Å². The lowest BCUT2D eigenvalue weighted by atomic mass is 10.1. The number of amides is 5. The average Bonchev–Trinajstić information content (AvgIpc) is 3.84. The SMILES string of the molecule is C=C[C@@H]1C[C@]1(NC(=O)[C@@H]1C[C@@H](Oc2cc(-c3ccccc3)nc3cc(OC)ccc23)CN1C(=O)[C@H](CNC(=O)/C=C/CN(C)C)[N+](=C)C(=O)OC(C)(C)C)C(=O)NS(=O)(=O)c1ccccc1. The third-order valence-corrected chi connectivity index (χ3v) is 12.4. The number of hydrogen-bond acceptors (Lipinski definition) is 12. The Morgan fingerprint density at radius 2 is 1.70 bits per heavy atom. The third kappa shape index (κ3) is 11.5. The smallest absolute Gasteiger partial charge is 0.497 e. The predicted octanol–water partition coefficient (Wildman–Crippen LogP) is 4.08. The second kappa shape index (κ2) is 20.1. The summed E-state index contributed by atoms with van der Waals surface area (Å²) in [4.78, 5) is 78.0. The Morgan fingerprint density at radius 3 is 2.32 bits per heavy atom. The van der Waals surface area contributed by atoms with Crippen molar-refractivity contribution in [1.82, 2.24) is 30.1 Å². The molecule has 348 valence electrons. The van der Waals surface area contributed by atoms with Crippen LogP contribution in [0.3, 0.4) is 0 Å². The van der Waals surface area contributed by atoms with E-state index < -0.39 is 81.5 Å². The summed E-state index contributed by atoms with van der Waals surface area (Å²) in [7, 11) is 0.852. The molecule has 0 radical (unpaired) electrons. The molecule has 3 N–H and O–H groups in total. The lowest BCUT2D eigenvalue weighted by Crippen LogP contribution is -2.59. The number of nitrogens with one attached hydrogen (secondary N) is 3. The molecule has 3 aromatic carbocycles. The highest BCUT2D eigenvalue weighted by molar-refractivity contribution is 7.90. The monoisotopic (exact) mass is 922 g/mol. The minimum Gasteiger partial charge on any atom is -0.497 e. The van der Waals surface area contributed by atoms with Gasteiger partial charge in [0.2, 0.25) is 11.8 Å². The summed E-state index contributed by atoms with van der Waals surface area (Å²) in [5.41, 5.74) is -0.798. The number of nitrogens with zero attached hydrogens (tertiary/aromatic N) is 4. The number of ether oxygens (including phenoxy) is 3. The summed E-state index contributed by atoms with van der Waals surface area (Å²) in [6.45, 7) is 12.4. The zero-order valence-corrected chi connectivity index (χ0v) is 38.7. The largest absolute Gasteiger partial charge is 0.597 e. The van der Waals surface area contributed by atoms with Gasteiger partial charge in [0.05, 0.1) is 36.3 Å². The first kappa shape index (κ1) is 48.5. The number of pyridine rings is 1. The first-order valence-electron chi connectivity index (χ1n) is 21.2. The van der Waals surface area contributed by atoms with Gasteiger partial charge in [-0.3, -0.25) is 19.2 Å². The summed E-state index contributed by atoms with van der Waals surface area (Å²) in [6.07, 6.45) is 2.42. The number of benzene rings is 3. The minimum absolute atomic E-state index is 0.0228. The van der Waals surface area contributed by atoms with E-state index in [1.807, 2.05) is 49.3 Å². The lowest BCUT2D eigenvalue weighted by molar-refractivity contribution is -0.469. The predicted molar refractivity (Wildman–Crippen MR) is 247 cm³/mol. The van der Waals surface area contributed by atoms with Crippen LogP contribution in [0.2, 0.25) is 0 Å². The molecule has 5 atom stereocenters. The zero-order valence-electron chi connectivity index (χ0n) is 37.9. The Morgan fingerprint density at radius 1 is 1.02 bits per heavy atom. The van der Waals surface area contributed by atoms with E-state index in [0.29, 0.717) is 34.6 Å². The van der Waals surface area contributed by atoms with Gasteiger partial charge in [-0.25, -0.2) is 18.1 Å². The topological polar surface area (TPSA) is 206 Å². The van der Waals surface area contributed by atoms with Crippen LogP contribution in [0, 0.1) is 5.92 Å². The summed E-state index contributed by atoms with van der Waals surface area (Å²) in [5, 5.41) is 6.04. The van der Waals surface area contributed by atoms with Crippen molar-refractivity contribution in [2.75, 3.05) is 40.8 Å². The summed E-state index contributed by atoms with van der Waals surface area (Å²) < 4.78 is 47.3. The maximum atomic E-state index is 15.0. The van der Waals surface area contributed by atoms with Gasteiger partial charge in [-0.1, -0.05) is 60.7 Å². The zero-order chi connectivity index (χ0) is 48.0. The number of carbonyl (C=O) groups is 5. The number of fused-ring (bicyclic) bond motifs is 1. The molecule has 1 aliphatic carbocycles. The fraction of sp³-hybridized carbons (Fsp3) is 0.354. The molecule has 0 bridgehead atoms. The van der Waals surface area contributed by atoms with Gasteiger partial charge in [-0.05, 0) is 65.6 Å². The van der Waals surface area contributed by atoms with Crippen LogP contribution in [-0.2, 0) is 33.9 Å².